The van der Waals surface area contributed by atoms with Gasteiger partial charge < -0.3 is 19.7 Å². The van der Waals surface area contributed by atoms with E-state index in [9.17, 15) is 10.2 Å². The molecule has 0 saturated heterocycles. The van der Waals surface area contributed by atoms with Gasteiger partial charge in [0.1, 0.15) is 36.2 Å². The van der Waals surface area contributed by atoms with E-state index >= 15 is 0 Å². The van der Waals surface area contributed by atoms with Gasteiger partial charge in [0.25, 0.3) is 0 Å². The molecule has 0 spiro atoms. The molecule has 0 atom stereocenters. The molecule has 9 aromatic rings. The molecule has 9 aromatic carbocycles. The molecule has 318 valence electrons. The minimum absolute atomic E-state index is 0.245. The van der Waals surface area contributed by atoms with Crippen LogP contribution in [0.4, 0.5) is 0 Å². The van der Waals surface area contributed by atoms with Crippen molar-refractivity contribution in [3.8, 4) is 45.3 Å². The molecule has 11 rings (SSSR count). The van der Waals surface area contributed by atoms with Gasteiger partial charge in [0.05, 0.1) is 10.8 Å². The summed E-state index contributed by atoms with van der Waals surface area (Å²) in [4.78, 5) is 0. The number of phenols is 2. The van der Waals surface area contributed by atoms with Crippen molar-refractivity contribution in [3.05, 3.63) is 298 Å². The fraction of sp³-hybridized carbons (Fsp3) is 0.0645. The van der Waals surface area contributed by atoms with Crippen LogP contribution in [-0.2, 0) is 24.0 Å². The predicted octanol–water partition coefficient (Wildman–Crippen LogP) is 14.1. The number of hydrogen-bond donors (Lipinski definition) is 2. The number of phenolic OH excluding ortho intramolecular Hbond substituents is 2. The van der Waals surface area contributed by atoms with Crippen molar-refractivity contribution >= 4 is 0 Å². The van der Waals surface area contributed by atoms with Crippen molar-refractivity contribution in [1.82, 2.24) is 0 Å². The first-order chi connectivity index (χ1) is 32.5. The van der Waals surface area contributed by atoms with Gasteiger partial charge in [0.2, 0.25) is 0 Å². The third-order valence-electron chi connectivity index (χ3n) is 13.4. The molecule has 0 bridgehead atoms. The van der Waals surface area contributed by atoms with E-state index in [2.05, 4.69) is 170 Å². The largest absolute Gasteiger partial charge is 0.508 e. The summed E-state index contributed by atoms with van der Waals surface area (Å²) in [6, 6.07) is 83.2. The molecular weight excluding hydrogens is 809 g/mol. The van der Waals surface area contributed by atoms with E-state index in [0.29, 0.717) is 13.2 Å². The van der Waals surface area contributed by atoms with Crippen LogP contribution in [0.15, 0.2) is 243 Å². The molecule has 0 aromatic heterocycles. The van der Waals surface area contributed by atoms with Crippen LogP contribution in [0.2, 0.25) is 0 Å². The highest BCUT2D eigenvalue weighted by Crippen LogP contribution is 2.57. The summed E-state index contributed by atoms with van der Waals surface area (Å²) in [6.07, 6.45) is 0. The lowest BCUT2D eigenvalue weighted by atomic mass is 9.68. The van der Waals surface area contributed by atoms with E-state index in [0.717, 1.165) is 44.9 Å². The Balaban J connectivity index is 0.796. The maximum Gasteiger partial charge on any atom is 0.119 e. The normalized spacial score (nSPS) is 13.3. The highest BCUT2D eigenvalue weighted by molar-refractivity contribution is 5.87. The van der Waals surface area contributed by atoms with Crippen molar-refractivity contribution in [2.45, 2.75) is 24.0 Å². The summed E-state index contributed by atoms with van der Waals surface area (Å²) in [7, 11) is 0. The summed E-state index contributed by atoms with van der Waals surface area (Å²) >= 11 is 0. The second-order valence-electron chi connectivity index (χ2n) is 17.0. The highest BCUT2D eigenvalue weighted by Gasteiger charge is 2.47. The predicted molar refractivity (Wildman–Crippen MR) is 264 cm³/mol. The summed E-state index contributed by atoms with van der Waals surface area (Å²) in [5.41, 5.74) is 15.2. The van der Waals surface area contributed by atoms with Gasteiger partial charge in [-0.15, -0.1) is 0 Å². The quantitative estimate of drug-likeness (QED) is 0.144. The molecule has 0 amide bonds. The molecule has 0 unspecified atom stereocenters. The average molecular weight is 855 g/mol. The zero-order valence-electron chi connectivity index (χ0n) is 36.2. The van der Waals surface area contributed by atoms with Gasteiger partial charge in [-0.1, -0.05) is 194 Å². The number of hydrogen-bond acceptors (Lipinski definition) is 4. The molecule has 0 aliphatic heterocycles. The van der Waals surface area contributed by atoms with Gasteiger partial charge in [-0.25, -0.2) is 0 Å². The van der Waals surface area contributed by atoms with Gasteiger partial charge in [-0.05, 0) is 126 Å². The van der Waals surface area contributed by atoms with E-state index < -0.39 is 10.8 Å². The van der Waals surface area contributed by atoms with Crippen LogP contribution >= 0.6 is 0 Å². The lowest BCUT2D eigenvalue weighted by Crippen LogP contribution is -2.28. The first-order valence-corrected chi connectivity index (χ1v) is 22.4. The van der Waals surface area contributed by atoms with Crippen molar-refractivity contribution in [1.29, 1.82) is 0 Å². The summed E-state index contributed by atoms with van der Waals surface area (Å²) in [6.45, 7) is 0.813. The van der Waals surface area contributed by atoms with Gasteiger partial charge in [0.15, 0.2) is 0 Å². The van der Waals surface area contributed by atoms with Crippen LogP contribution in [0.3, 0.4) is 0 Å². The molecule has 0 radical (unpaired) electrons. The maximum absolute atomic E-state index is 10.2. The minimum Gasteiger partial charge on any atom is -0.508 e. The van der Waals surface area contributed by atoms with Gasteiger partial charge in [-0.2, -0.15) is 0 Å². The van der Waals surface area contributed by atoms with E-state index in [-0.39, 0.29) is 11.5 Å². The molecule has 0 heterocycles. The number of rotatable bonds is 10. The Hall–Kier alpha value is -8.34. The molecule has 0 fully saturated rings. The Bertz CT molecular complexity index is 2920. The third-order valence-corrected chi connectivity index (χ3v) is 13.4. The first-order valence-electron chi connectivity index (χ1n) is 22.4. The second-order valence-corrected chi connectivity index (χ2v) is 17.0. The van der Waals surface area contributed by atoms with Crippen LogP contribution in [0.1, 0.15) is 55.6 Å². The molecule has 4 nitrogen and oxygen atoms in total. The van der Waals surface area contributed by atoms with Crippen LogP contribution < -0.4 is 9.47 Å². The SMILES string of the molecule is Oc1ccc(C2(c3ccc(OCc4ccccc(COc5ccc(C6(c7ccc(O)cc7)c7ccccc7-c7ccccc76)cc5)cccc4)cc3)c3ccccc3-c3ccccc32)cc1. The standard InChI is InChI=1S/C62H46O4/c63-49-33-25-45(26-34-49)61(57-21-9-5-17-53(57)54-18-6-10-22-58(54)61)47-29-37-51(38-30-47)65-41-43-13-1-2-14-44(16-4-3-15-43)42-66-52-39-31-48(32-40-52)62(46-27-35-50(64)36-28-46)59-23-11-7-19-55(59)56-20-8-12-24-60(56)62/h1-40,63-64H,41-42H2. The molecule has 4 heteroatoms. The van der Waals surface area contributed by atoms with Crippen LogP contribution in [0.25, 0.3) is 22.3 Å². The summed E-state index contributed by atoms with van der Waals surface area (Å²) < 4.78 is 12.8. The lowest BCUT2D eigenvalue weighted by Gasteiger charge is -2.34. The van der Waals surface area contributed by atoms with E-state index in [1.165, 1.54) is 44.5 Å². The zero-order valence-corrected chi connectivity index (χ0v) is 36.2. The Morgan fingerprint density at radius 3 is 0.803 bits per heavy atom. The van der Waals surface area contributed by atoms with Crippen molar-refractivity contribution in [3.63, 3.8) is 0 Å². The fourth-order valence-electron chi connectivity index (χ4n) is 10.4. The Morgan fingerprint density at radius 2 is 0.515 bits per heavy atom. The van der Waals surface area contributed by atoms with E-state index in [4.69, 9.17) is 9.47 Å². The number of benzene rings is 8. The average Bonchev–Trinajstić information content (AvgIpc) is 3.84. The monoisotopic (exact) mass is 854 g/mol. The number of ether oxygens (including phenoxy) is 2. The third kappa shape index (κ3) is 6.86. The first kappa shape index (κ1) is 40.4. The maximum atomic E-state index is 10.2. The summed E-state index contributed by atoms with van der Waals surface area (Å²) in [5, 5.41) is 20.5. The molecule has 2 aliphatic rings. The second kappa shape index (κ2) is 17.0. The molecular formula is C62H46O4. The molecule has 66 heavy (non-hydrogen) atoms. The minimum atomic E-state index is -0.547. The van der Waals surface area contributed by atoms with Crippen molar-refractivity contribution in [2.24, 2.45) is 0 Å². The summed E-state index contributed by atoms with van der Waals surface area (Å²) in [5.74, 6) is 2.06. The fourth-order valence-corrected chi connectivity index (χ4v) is 10.4. The van der Waals surface area contributed by atoms with Crippen molar-refractivity contribution in [2.75, 3.05) is 0 Å². The van der Waals surface area contributed by atoms with E-state index in [1.807, 2.05) is 48.5 Å². The van der Waals surface area contributed by atoms with Crippen LogP contribution in [0, 0.1) is 0 Å². The topological polar surface area (TPSA) is 58.9 Å². The van der Waals surface area contributed by atoms with Gasteiger partial charge in [0, 0.05) is 0 Å². The Labute approximate surface area is 385 Å². The van der Waals surface area contributed by atoms with Gasteiger partial charge in [-0.3, -0.25) is 0 Å². The van der Waals surface area contributed by atoms with Crippen LogP contribution in [0.5, 0.6) is 23.0 Å². The lowest BCUT2D eigenvalue weighted by molar-refractivity contribution is 0.306. The van der Waals surface area contributed by atoms with Crippen LogP contribution in [-0.4, -0.2) is 10.2 Å². The Kier molecular flexibility index (Phi) is 10.4. The molecule has 2 N–H and O–H groups in total. The smallest absolute Gasteiger partial charge is 0.119 e. The highest BCUT2D eigenvalue weighted by atomic mass is 16.5. The number of aromatic hydroxyl groups is 2. The Morgan fingerprint density at radius 1 is 0.273 bits per heavy atom. The zero-order chi connectivity index (χ0) is 44.5. The molecule has 2 aliphatic carbocycles. The van der Waals surface area contributed by atoms with Gasteiger partial charge >= 0.3 is 0 Å². The molecule has 0 saturated carbocycles. The number of fused-ring (bicyclic) bond motifs is 6. The van der Waals surface area contributed by atoms with E-state index in [1.54, 1.807) is 24.3 Å². The van der Waals surface area contributed by atoms with Crippen molar-refractivity contribution < 1.29 is 19.7 Å².